The lowest BCUT2D eigenvalue weighted by Gasteiger charge is -2.20. The molecule has 3 unspecified atom stereocenters. The van der Waals surface area contributed by atoms with E-state index in [1.165, 1.54) is 135 Å². The molecule has 0 bridgehead atoms. The molecule has 0 fully saturated rings. The van der Waals surface area contributed by atoms with Gasteiger partial charge < -0.3 is 24.6 Å². The zero-order valence-corrected chi connectivity index (χ0v) is 34.4. The molecule has 0 amide bonds. The van der Waals surface area contributed by atoms with Crippen molar-refractivity contribution in [3.63, 3.8) is 0 Å². The van der Waals surface area contributed by atoms with Crippen LogP contribution in [-0.2, 0) is 32.7 Å². The Kier molecular flexibility index (Phi) is 37.5. The average molecular weight is 765 g/mol. The minimum Gasteiger partial charge on any atom is -0.462 e. The van der Waals surface area contributed by atoms with E-state index in [-0.39, 0.29) is 19.4 Å². The highest BCUT2D eigenvalue weighted by Gasteiger charge is 2.27. The highest BCUT2D eigenvalue weighted by molar-refractivity contribution is 7.47. The molecule has 0 aromatic heterocycles. The lowest BCUT2D eigenvalue weighted by Crippen LogP contribution is -2.29. The molecule has 0 rings (SSSR count). The van der Waals surface area contributed by atoms with E-state index in [4.69, 9.17) is 19.1 Å². The predicted molar refractivity (Wildman–Crippen MR) is 210 cm³/mol. The maximum atomic E-state index is 12.6. The Labute approximate surface area is 318 Å². The van der Waals surface area contributed by atoms with Crippen molar-refractivity contribution in [1.29, 1.82) is 0 Å². The summed E-state index contributed by atoms with van der Waals surface area (Å²) in [5.74, 6) is -0.916. The Morgan fingerprint density at radius 3 is 1.19 bits per heavy atom. The monoisotopic (exact) mass is 765 g/mol. The number of carbonyl (C=O) groups excluding carboxylic acids is 2. The number of hydrogen-bond acceptors (Lipinski definition) is 9. The van der Waals surface area contributed by atoms with Crippen LogP contribution in [0.25, 0.3) is 0 Å². The Balaban J connectivity index is 4.11. The average Bonchev–Trinajstić information content (AvgIpc) is 3.13. The molecule has 0 aliphatic rings. The van der Waals surface area contributed by atoms with E-state index >= 15 is 0 Å². The first-order valence-electron chi connectivity index (χ1n) is 21.5. The number of phosphoric acid groups is 1. The Morgan fingerprint density at radius 1 is 0.500 bits per heavy atom. The van der Waals surface area contributed by atoms with Gasteiger partial charge in [-0.15, -0.1) is 0 Å². The quantitative estimate of drug-likeness (QED) is 0.0312. The zero-order valence-electron chi connectivity index (χ0n) is 33.6. The maximum absolute atomic E-state index is 12.6. The van der Waals surface area contributed by atoms with E-state index in [2.05, 4.69) is 18.4 Å². The summed E-state index contributed by atoms with van der Waals surface area (Å²) in [7, 11) is -4.60. The lowest BCUT2D eigenvalue weighted by atomic mass is 10.0. The topological polar surface area (TPSA) is 149 Å². The van der Waals surface area contributed by atoms with Gasteiger partial charge in [-0.1, -0.05) is 187 Å². The molecule has 3 atom stereocenters. The summed E-state index contributed by atoms with van der Waals surface area (Å²) in [6, 6.07) is 0. The summed E-state index contributed by atoms with van der Waals surface area (Å²) in [5.41, 5.74) is 0. The molecular formula is C41H81O10P. The van der Waals surface area contributed by atoms with E-state index in [1.807, 2.05) is 0 Å². The molecule has 0 radical (unpaired) electrons. The van der Waals surface area contributed by atoms with Gasteiger partial charge in [0.1, 0.15) is 12.7 Å². The van der Waals surface area contributed by atoms with Crippen molar-refractivity contribution in [3.05, 3.63) is 0 Å². The van der Waals surface area contributed by atoms with E-state index in [1.54, 1.807) is 0 Å². The van der Waals surface area contributed by atoms with Gasteiger partial charge in [-0.2, -0.15) is 0 Å². The third-order valence-electron chi connectivity index (χ3n) is 9.51. The normalized spacial score (nSPS) is 13.9. The van der Waals surface area contributed by atoms with Crippen LogP contribution in [0.4, 0.5) is 0 Å². The van der Waals surface area contributed by atoms with E-state index in [9.17, 15) is 24.2 Å². The first kappa shape index (κ1) is 51.0. The standard InChI is InChI=1S/C41H81O10P/c1-3-5-7-9-11-13-14-15-16-17-18-19-20-21-22-23-24-25-27-29-31-33-41(45)51-39(37-50-52(46,47)49-35-38(43)34-42)36-48-40(44)32-30-28-26-12-10-8-6-4-2/h38-39,42-43H,3-37H2,1-2H3,(H,46,47). The molecule has 10 nitrogen and oxygen atoms in total. The number of aliphatic hydroxyl groups is 2. The van der Waals surface area contributed by atoms with Gasteiger partial charge in [0.15, 0.2) is 6.10 Å². The largest absolute Gasteiger partial charge is 0.472 e. The SMILES string of the molecule is CCCCCCCCCCCCCCCCCCCCCCCC(=O)OC(COC(=O)CCCCCCCCCC)COP(=O)(O)OCC(O)CO. The molecule has 0 aromatic carbocycles. The van der Waals surface area contributed by atoms with Gasteiger partial charge in [0.2, 0.25) is 0 Å². The molecule has 0 aromatic rings. The third kappa shape index (κ3) is 37.3. The summed E-state index contributed by atoms with van der Waals surface area (Å²) < 4.78 is 32.6. The molecule has 3 N–H and O–H groups in total. The van der Waals surface area contributed by atoms with Crippen molar-refractivity contribution in [2.75, 3.05) is 26.4 Å². The first-order valence-corrected chi connectivity index (χ1v) is 23.0. The van der Waals surface area contributed by atoms with Crippen LogP contribution in [0.15, 0.2) is 0 Å². The van der Waals surface area contributed by atoms with Gasteiger partial charge in [-0.05, 0) is 12.8 Å². The zero-order chi connectivity index (χ0) is 38.4. The van der Waals surface area contributed by atoms with Crippen LogP contribution in [0.2, 0.25) is 0 Å². The molecule has 11 heteroatoms. The van der Waals surface area contributed by atoms with E-state index in [0.717, 1.165) is 38.5 Å². The molecule has 52 heavy (non-hydrogen) atoms. The van der Waals surface area contributed by atoms with Gasteiger partial charge in [-0.25, -0.2) is 4.57 Å². The fourth-order valence-electron chi connectivity index (χ4n) is 6.17. The van der Waals surface area contributed by atoms with Crippen molar-refractivity contribution in [2.45, 2.75) is 225 Å². The Morgan fingerprint density at radius 2 is 0.827 bits per heavy atom. The second kappa shape index (κ2) is 38.3. The first-order chi connectivity index (χ1) is 25.2. The van der Waals surface area contributed by atoms with Gasteiger partial charge in [0.05, 0.1) is 19.8 Å². The predicted octanol–water partition coefficient (Wildman–Crippen LogP) is 11.1. The number of phosphoric ester groups is 1. The minimum absolute atomic E-state index is 0.192. The van der Waals surface area contributed by atoms with Crippen molar-refractivity contribution in [3.8, 4) is 0 Å². The maximum Gasteiger partial charge on any atom is 0.472 e. The highest BCUT2D eigenvalue weighted by Crippen LogP contribution is 2.43. The van der Waals surface area contributed by atoms with Crippen LogP contribution in [0.3, 0.4) is 0 Å². The molecule has 0 aliphatic carbocycles. The smallest absolute Gasteiger partial charge is 0.462 e. The number of aliphatic hydroxyl groups excluding tert-OH is 2. The van der Waals surface area contributed by atoms with Crippen LogP contribution >= 0.6 is 7.82 Å². The minimum atomic E-state index is -4.60. The Bertz CT molecular complexity index is 842. The highest BCUT2D eigenvalue weighted by atomic mass is 31.2. The number of rotatable bonds is 41. The lowest BCUT2D eigenvalue weighted by molar-refractivity contribution is -0.161. The second-order valence-corrected chi connectivity index (χ2v) is 16.2. The number of hydrogen-bond donors (Lipinski definition) is 3. The summed E-state index contributed by atoms with van der Waals surface area (Å²) in [6.45, 7) is 2.37. The van der Waals surface area contributed by atoms with Crippen molar-refractivity contribution in [2.24, 2.45) is 0 Å². The van der Waals surface area contributed by atoms with Gasteiger partial charge >= 0.3 is 19.8 Å². The molecular weight excluding hydrogens is 683 g/mol. The molecule has 0 saturated heterocycles. The summed E-state index contributed by atoms with van der Waals surface area (Å²) in [5, 5.41) is 18.3. The fraction of sp³-hybridized carbons (Fsp3) is 0.951. The van der Waals surface area contributed by atoms with Crippen LogP contribution in [0, 0.1) is 0 Å². The van der Waals surface area contributed by atoms with Crippen molar-refractivity contribution in [1.82, 2.24) is 0 Å². The molecule has 310 valence electrons. The number of esters is 2. The van der Waals surface area contributed by atoms with Crippen LogP contribution < -0.4 is 0 Å². The molecule has 0 aliphatic heterocycles. The van der Waals surface area contributed by atoms with E-state index in [0.29, 0.717) is 12.8 Å². The van der Waals surface area contributed by atoms with Gasteiger partial charge in [0, 0.05) is 12.8 Å². The van der Waals surface area contributed by atoms with Gasteiger partial charge in [0.25, 0.3) is 0 Å². The number of ether oxygens (including phenoxy) is 2. The Hall–Kier alpha value is -1.03. The van der Waals surface area contributed by atoms with Crippen LogP contribution in [0.5, 0.6) is 0 Å². The second-order valence-electron chi connectivity index (χ2n) is 14.7. The van der Waals surface area contributed by atoms with Crippen LogP contribution in [0.1, 0.15) is 213 Å². The summed E-state index contributed by atoms with van der Waals surface area (Å²) in [6.07, 6.45) is 33.8. The third-order valence-corrected chi connectivity index (χ3v) is 10.5. The van der Waals surface area contributed by atoms with Crippen molar-refractivity contribution >= 4 is 19.8 Å². The molecule has 0 spiro atoms. The summed E-state index contributed by atoms with van der Waals surface area (Å²) >= 11 is 0. The molecule has 0 heterocycles. The van der Waals surface area contributed by atoms with Gasteiger partial charge in [-0.3, -0.25) is 18.6 Å². The number of unbranched alkanes of at least 4 members (excludes halogenated alkanes) is 27. The van der Waals surface area contributed by atoms with Crippen molar-refractivity contribution < 1.29 is 47.8 Å². The number of carbonyl (C=O) groups is 2. The van der Waals surface area contributed by atoms with Crippen LogP contribution in [-0.4, -0.2) is 65.7 Å². The molecule has 0 saturated carbocycles. The fourth-order valence-corrected chi connectivity index (χ4v) is 6.96. The van der Waals surface area contributed by atoms with E-state index < -0.39 is 51.8 Å². The summed E-state index contributed by atoms with van der Waals surface area (Å²) in [4.78, 5) is 34.8.